The van der Waals surface area contributed by atoms with E-state index in [9.17, 15) is 4.79 Å². The Hall–Kier alpha value is -2.24. The van der Waals surface area contributed by atoms with Gasteiger partial charge in [-0.25, -0.2) is 4.98 Å². The number of amides is 1. The summed E-state index contributed by atoms with van der Waals surface area (Å²) in [7, 11) is 0. The van der Waals surface area contributed by atoms with Gasteiger partial charge in [0.05, 0.1) is 15.7 Å². The fraction of sp³-hybridized carbons (Fsp3) is 0.176. The maximum absolute atomic E-state index is 12.5. The van der Waals surface area contributed by atoms with Crippen LogP contribution in [0.25, 0.3) is 10.2 Å². The average Bonchev–Trinajstić information content (AvgIpc) is 2.98. The first kappa shape index (κ1) is 14.7. The molecule has 3 rings (SSSR count). The summed E-state index contributed by atoms with van der Waals surface area (Å²) in [6.45, 7) is 2.00. The van der Waals surface area contributed by atoms with Crippen molar-refractivity contribution >= 4 is 33.1 Å². The molecule has 112 valence electrons. The molecular formula is C17H16N2O2S. The standard InChI is InChI=1S/C17H16N2O2S/c1-11-3-2-4-12(7-8-20)16(11)19-17(21)13-5-6-14-15(9-13)22-10-18-14/h2-6,9-10,20H,7-8H2,1H3,(H,19,21). The van der Waals surface area contributed by atoms with Gasteiger partial charge >= 0.3 is 0 Å². The van der Waals surface area contributed by atoms with Crippen LogP contribution in [0.1, 0.15) is 21.5 Å². The molecule has 22 heavy (non-hydrogen) atoms. The number of hydrogen-bond acceptors (Lipinski definition) is 4. The smallest absolute Gasteiger partial charge is 0.255 e. The molecule has 4 nitrogen and oxygen atoms in total. The molecule has 0 aliphatic heterocycles. The molecule has 0 aliphatic rings. The summed E-state index contributed by atoms with van der Waals surface area (Å²) in [4.78, 5) is 16.7. The Labute approximate surface area is 132 Å². The van der Waals surface area contributed by atoms with Crippen LogP contribution >= 0.6 is 11.3 Å². The van der Waals surface area contributed by atoms with Gasteiger partial charge in [0.15, 0.2) is 0 Å². The van der Waals surface area contributed by atoms with E-state index < -0.39 is 0 Å². The summed E-state index contributed by atoms with van der Waals surface area (Å²) in [6.07, 6.45) is 0.519. The molecule has 0 spiro atoms. The van der Waals surface area contributed by atoms with Crippen molar-refractivity contribution in [1.82, 2.24) is 4.98 Å². The highest BCUT2D eigenvalue weighted by Gasteiger charge is 2.12. The molecule has 1 heterocycles. The monoisotopic (exact) mass is 312 g/mol. The van der Waals surface area contributed by atoms with E-state index in [0.29, 0.717) is 12.0 Å². The van der Waals surface area contributed by atoms with Gasteiger partial charge in [-0.2, -0.15) is 0 Å². The van der Waals surface area contributed by atoms with E-state index in [1.54, 1.807) is 11.6 Å². The number of hydrogen-bond donors (Lipinski definition) is 2. The van der Waals surface area contributed by atoms with Gasteiger partial charge in [-0.1, -0.05) is 18.2 Å². The topological polar surface area (TPSA) is 62.2 Å². The number of thiazole rings is 1. The fourth-order valence-corrected chi connectivity index (χ4v) is 3.13. The second-order valence-electron chi connectivity index (χ2n) is 5.07. The molecule has 0 atom stereocenters. The van der Waals surface area contributed by atoms with Crippen molar-refractivity contribution in [2.24, 2.45) is 0 Å². The molecule has 1 amide bonds. The predicted octanol–water partition coefficient (Wildman–Crippen LogP) is 3.39. The quantitative estimate of drug-likeness (QED) is 0.776. The van der Waals surface area contributed by atoms with Gasteiger partial charge in [0.1, 0.15) is 0 Å². The maximum Gasteiger partial charge on any atom is 0.255 e. The Morgan fingerprint density at radius 1 is 1.32 bits per heavy atom. The van der Waals surface area contributed by atoms with Crippen LogP contribution in [0.15, 0.2) is 41.9 Å². The number of aliphatic hydroxyl groups is 1. The predicted molar refractivity (Wildman–Crippen MR) is 89.5 cm³/mol. The van der Waals surface area contributed by atoms with Crippen molar-refractivity contribution in [3.8, 4) is 0 Å². The summed E-state index contributed by atoms with van der Waals surface area (Å²) in [5, 5.41) is 12.1. The van der Waals surface area contributed by atoms with Crippen molar-refractivity contribution in [3.05, 3.63) is 58.6 Å². The molecule has 0 unspecified atom stereocenters. The number of carbonyl (C=O) groups is 1. The third-order valence-corrected chi connectivity index (χ3v) is 4.36. The lowest BCUT2D eigenvalue weighted by atomic mass is 10.0. The molecule has 1 aromatic heterocycles. The van der Waals surface area contributed by atoms with Crippen LogP contribution in [0.5, 0.6) is 0 Å². The number of nitrogens with zero attached hydrogens (tertiary/aromatic N) is 1. The number of benzene rings is 2. The van der Waals surface area contributed by atoms with Gasteiger partial charge in [-0.15, -0.1) is 11.3 Å². The average molecular weight is 312 g/mol. The van der Waals surface area contributed by atoms with Gasteiger partial charge in [0, 0.05) is 17.9 Å². The number of anilines is 1. The fourth-order valence-electron chi connectivity index (χ4n) is 2.42. The van der Waals surface area contributed by atoms with E-state index in [0.717, 1.165) is 27.0 Å². The first-order chi connectivity index (χ1) is 10.7. The number of fused-ring (bicyclic) bond motifs is 1. The first-order valence-electron chi connectivity index (χ1n) is 7.03. The Balaban J connectivity index is 1.90. The van der Waals surface area contributed by atoms with E-state index in [1.807, 2.05) is 37.3 Å². The number of aryl methyl sites for hydroxylation is 1. The molecule has 0 aliphatic carbocycles. The third-order valence-electron chi connectivity index (χ3n) is 3.57. The number of aromatic nitrogens is 1. The summed E-state index contributed by atoms with van der Waals surface area (Å²) in [5.74, 6) is -0.149. The van der Waals surface area contributed by atoms with Crippen LogP contribution in [0.4, 0.5) is 5.69 Å². The minimum absolute atomic E-state index is 0.0547. The lowest BCUT2D eigenvalue weighted by Crippen LogP contribution is -2.14. The van der Waals surface area contributed by atoms with Gasteiger partial charge in [-0.05, 0) is 42.7 Å². The van der Waals surface area contributed by atoms with Gasteiger partial charge < -0.3 is 10.4 Å². The lowest BCUT2D eigenvalue weighted by Gasteiger charge is -2.13. The summed E-state index contributed by atoms with van der Waals surface area (Å²) in [5.41, 5.74) is 5.99. The largest absolute Gasteiger partial charge is 0.396 e. The zero-order chi connectivity index (χ0) is 15.5. The third kappa shape index (κ3) is 2.86. The van der Waals surface area contributed by atoms with Crippen LogP contribution in [-0.2, 0) is 6.42 Å². The minimum Gasteiger partial charge on any atom is -0.396 e. The highest BCUT2D eigenvalue weighted by Crippen LogP contribution is 2.23. The van der Waals surface area contributed by atoms with Crippen molar-refractivity contribution in [2.75, 3.05) is 11.9 Å². The van der Waals surface area contributed by atoms with Gasteiger partial charge in [-0.3, -0.25) is 4.79 Å². The zero-order valence-electron chi connectivity index (χ0n) is 12.2. The van der Waals surface area contributed by atoms with Gasteiger partial charge in [0.25, 0.3) is 5.91 Å². The molecule has 0 radical (unpaired) electrons. The number of para-hydroxylation sites is 1. The number of carbonyl (C=O) groups excluding carboxylic acids is 1. The molecule has 2 aromatic carbocycles. The lowest BCUT2D eigenvalue weighted by molar-refractivity contribution is 0.102. The van der Waals surface area contributed by atoms with Gasteiger partial charge in [0.2, 0.25) is 0 Å². The van der Waals surface area contributed by atoms with Crippen molar-refractivity contribution in [1.29, 1.82) is 0 Å². The second-order valence-corrected chi connectivity index (χ2v) is 5.96. The molecule has 0 saturated heterocycles. The molecule has 0 bridgehead atoms. The number of aliphatic hydroxyl groups excluding tert-OH is 1. The Morgan fingerprint density at radius 2 is 2.18 bits per heavy atom. The summed E-state index contributed by atoms with van der Waals surface area (Å²) < 4.78 is 0.994. The Kier molecular flexibility index (Phi) is 4.18. The van der Waals surface area contributed by atoms with Crippen LogP contribution in [0.3, 0.4) is 0 Å². The summed E-state index contributed by atoms with van der Waals surface area (Å²) in [6, 6.07) is 11.3. The highest BCUT2D eigenvalue weighted by molar-refractivity contribution is 7.16. The van der Waals surface area contributed by atoms with E-state index in [2.05, 4.69) is 10.3 Å². The van der Waals surface area contributed by atoms with E-state index in [1.165, 1.54) is 11.3 Å². The molecular weight excluding hydrogens is 296 g/mol. The number of nitrogens with one attached hydrogen (secondary N) is 1. The SMILES string of the molecule is Cc1cccc(CCO)c1NC(=O)c1ccc2ncsc2c1. The zero-order valence-corrected chi connectivity index (χ0v) is 13.0. The van der Waals surface area contributed by atoms with E-state index in [-0.39, 0.29) is 12.5 Å². The molecule has 2 N–H and O–H groups in total. The van der Waals surface area contributed by atoms with Crippen molar-refractivity contribution in [2.45, 2.75) is 13.3 Å². The van der Waals surface area contributed by atoms with Crippen molar-refractivity contribution < 1.29 is 9.90 Å². The van der Waals surface area contributed by atoms with Crippen LogP contribution in [-0.4, -0.2) is 22.6 Å². The molecule has 3 aromatic rings. The van der Waals surface area contributed by atoms with E-state index in [4.69, 9.17) is 5.11 Å². The number of rotatable bonds is 4. The normalized spacial score (nSPS) is 10.8. The second kappa shape index (κ2) is 6.25. The highest BCUT2D eigenvalue weighted by atomic mass is 32.1. The maximum atomic E-state index is 12.5. The van der Waals surface area contributed by atoms with E-state index >= 15 is 0 Å². The molecule has 5 heteroatoms. The Morgan fingerprint density at radius 3 is 3.00 bits per heavy atom. The van der Waals surface area contributed by atoms with Crippen LogP contribution in [0.2, 0.25) is 0 Å². The van der Waals surface area contributed by atoms with Crippen molar-refractivity contribution in [3.63, 3.8) is 0 Å². The summed E-state index contributed by atoms with van der Waals surface area (Å²) >= 11 is 1.52. The van der Waals surface area contributed by atoms with Crippen LogP contribution < -0.4 is 5.32 Å². The molecule has 0 saturated carbocycles. The van der Waals surface area contributed by atoms with Crippen LogP contribution in [0, 0.1) is 6.92 Å². The minimum atomic E-state index is -0.149. The Bertz CT molecular complexity index is 826. The molecule has 0 fully saturated rings. The first-order valence-corrected chi connectivity index (χ1v) is 7.91.